The van der Waals surface area contributed by atoms with Crippen LogP contribution in [0.2, 0.25) is 19.6 Å². The van der Waals surface area contributed by atoms with Gasteiger partial charge in [0.15, 0.2) is 8.32 Å². The minimum Gasteiger partial charge on any atom is -0.563 e. The van der Waals surface area contributed by atoms with Gasteiger partial charge in [0, 0.05) is 0 Å². The van der Waals surface area contributed by atoms with Crippen LogP contribution in [0.25, 0.3) is 5.90 Å². The predicted octanol–water partition coefficient (Wildman–Crippen LogP) is -1.19. The molecule has 4 heteroatoms. The van der Waals surface area contributed by atoms with Crippen LogP contribution in [0.4, 0.5) is 0 Å². The van der Waals surface area contributed by atoms with E-state index < -0.39 is 8.32 Å². The van der Waals surface area contributed by atoms with Crippen molar-refractivity contribution in [3.05, 3.63) is 5.90 Å². The Morgan fingerprint density at radius 2 is 1.43 bits per heavy atom. The number of hydrogen-bond donors (Lipinski definition) is 0. The summed E-state index contributed by atoms with van der Waals surface area (Å²) in [5.74, 6) is 6.42. The van der Waals surface area contributed by atoms with Gasteiger partial charge in [-0.1, -0.05) is 0 Å². The molecule has 0 fully saturated rings. The molecule has 0 aliphatic carbocycles. The molecule has 0 amide bonds. The molecule has 0 aliphatic rings. The minimum absolute atomic E-state index is 0. The third-order valence-electron chi connectivity index (χ3n) is 0.306. The van der Waals surface area contributed by atoms with Crippen LogP contribution in [0.3, 0.4) is 0 Å². The molecule has 0 saturated heterocycles. The fourth-order valence-electron chi connectivity index (χ4n) is 0. The summed E-state index contributed by atoms with van der Waals surface area (Å²) < 4.78 is 4.33. The molecule has 0 heterocycles. The molecule has 0 aromatic carbocycles. The van der Waals surface area contributed by atoms with Crippen LogP contribution in [0.1, 0.15) is 0 Å². The largest absolute Gasteiger partial charge is 1.00 e. The quantitative estimate of drug-likeness (QED) is 0.309. The summed E-state index contributed by atoms with van der Waals surface area (Å²) in [7, 11) is -1.46. The molecule has 0 aliphatic heterocycles. The first-order valence-electron chi connectivity index (χ1n) is 1.91. The van der Waals surface area contributed by atoms with Gasteiger partial charge in [0.2, 0.25) is 0 Å². The summed E-state index contributed by atoms with van der Waals surface area (Å²) in [5.41, 5.74) is 0. The van der Waals surface area contributed by atoms with Crippen molar-refractivity contribution in [1.82, 2.24) is 0 Å². The van der Waals surface area contributed by atoms with Crippen LogP contribution in [0, 0.1) is 0 Å². The van der Waals surface area contributed by atoms with Crippen LogP contribution in [0.5, 0.6) is 0 Å². The monoisotopic (exact) mass is 111 g/mol. The van der Waals surface area contributed by atoms with Gasteiger partial charge >= 0.3 is 18.9 Å². The van der Waals surface area contributed by atoms with Crippen molar-refractivity contribution < 1.29 is 23.4 Å². The Hall–Kier alpha value is 0.734. The second kappa shape index (κ2) is 3.70. The molecule has 0 spiro atoms. The Morgan fingerprint density at radius 3 is 1.43 bits per heavy atom. The van der Waals surface area contributed by atoms with E-state index >= 15 is 0 Å². The topological polar surface area (TPSA) is 33.0 Å². The summed E-state index contributed by atoms with van der Waals surface area (Å²) in [6, 6.07) is 0. The van der Waals surface area contributed by atoms with Gasteiger partial charge in [-0.25, -0.2) is 0 Å². The Labute approximate surface area is 57.7 Å². The van der Waals surface area contributed by atoms with Crippen molar-refractivity contribution in [2.24, 2.45) is 0 Å². The third-order valence-corrected chi connectivity index (χ3v) is 0.919. The molecule has 0 unspecified atom stereocenters. The summed E-state index contributed by atoms with van der Waals surface area (Å²) in [4.78, 5) is 0. The van der Waals surface area contributed by atoms with Crippen LogP contribution < -0.4 is 18.9 Å². The Kier molecular flexibility index (Phi) is 5.64. The molecule has 2 nitrogen and oxygen atoms in total. The second-order valence-electron chi connectivity index (χ2n) is 2.21. The third kappa shape index (κ3) is 10.8. The summed E-state index contributed by atoms with van der Waals surface area (Å²) >= 11 is 0. The number of nitrogens with one attached hydrogen (secondary N) is 1. The zero-order valence-corrected chi connectivity index (χ0v) is 6.41. The van der Waals surface area contributed by atoms with E-state index in [1.165, 1.54) is 0 Å². The van der Waals surface area contributed by atoms with Gasteiger partial charge in [-0.15, -0.1) is 0 Å². The summed E-state index contributed by atoms with van der Waals surface area (Å²) in [5, 5.41) is 0. The van der Waals surface area contributed by atoms with E-state index in [4.69, 9.17) is 5.90 Å². The first kappa shape index (κ1) is 10.7. The molecule has 0 radical (unpaired) electrons. The Bertz CT molecular complexity index is 44.7. The average Bonchev–Trinajstić information content (AvgIpc) is 1.35. The first-order valence-corrected chi connectivity index (χ1v) is 5.32. The zero-order chi connectivity index (χ0) is 5.21. The van der Waals surface area contributed by atoms with Gasteiger partial charge in [0.25, 0.3) is 0 Å². The normalized spacial score (nSPS) is 10.3. The van der Waals surface area contributed by atoms with Gasteiger partial charge in [0.05, 0.1) is 0 Å². The van der Waals surface area contributed by atoms with E-state index in [0.29, 0.717) is 0 Å². The molecule has 1 N–H and O–H groups in total. The Morgan fingerprint density at radius 1 is 1.29 bits per heavy atom. The summed E-state index contributed by atoms with van der Waals surface area (Å²) in [6.45, 7) is 5.92. The maximum absolute atomic E-state index is 6.42. The zero-order valence-electron chi connectivity index (χ0n) is 5.41. The SMILES string of the molecule is C[Si](C)(C)O[NH-].[Li+]. The van der Waals surface area contributed by atoms with Crippen molar-refractivity contribution in [2.45, 2.75) is 19.6 Å². The number of hydrogen-bond acceptors (Lipinski definition) is 1. The minimum atomic E-state index is -1.46. The van der Waals surface area contributed by atoms with E-state index in [1.54, 1.807) is 0 Å². The molecular weight excluding hydrogens is 101 g/mol. The molecule has 0 aromatic heterocycles. The maximum atomic E-state index is 6.42. The first-order chi connectivity index (χ1) is 2.56. The van der Waals surface area contributed by atoms with Crippen molar-refractivity contribution >= 4 is 8.32 Å². The van der Waals surface area contributed by atoms with Gasteiger partial charge in [-0.3, -0.25) is 0 Å². The maximum Gasteiger partial charge on any atom is 1.00 e. The molecule has 7 heavy (non-hydrogen) atoms. The van der Waals surface area contributed by atoms with E-state index in [2.05, 4.69) is 4.53 Å². The van der Waals surface area contributed by atoms with Crippen molar-refractivity contribution in [3.63, 3.8) is 0 Å². The second-order valence-corrected chi connectivity index (χ2v) is 6.64. The molecule has 38 valence electrons. The van der Waals surface area contributed by atoms with Crippen LogP contribution in [-0.2, 0) is 4.53 Å². The van der Waals surface area contributed by atoms with Gasteiger partial charge in [-0.2, -0.15) is 0 Å². The van der Waals surface area contributed by atoms with E-state index in [0.717, 1.165) is 0 Å². The smallest absolute Gasteiger partial charge is 0.563 e. The molecular formula is C3H10LiNOSi. The fourth-order valence-corrected chi connectivity index (χ4v) is 0. The van der Waals surface area contributed by atoms with E-state index in [1.807, 2.05) is 19.6 Å². The van der Waals surface area contributed by atoms with Gasteiger partial charge in [-0.05, 0) is 19.6 Å². The predicted molar refractivity (Wildman–Crippen MR) is 28.8 cm³/mol. The standard InChI is InChI=1S/C3H10NOSi.Li/c1-6(2,3)5-4;/h4H,1-3H3;/q-1;+1. The van der Waals surface area contributed by atoms with Crippen molar-refractivity contribution in [1.29, 1.82) is 0 Å². The van der Waals surface area contributed by atoms with Crippen molar-refractivity contribution in [2.75, 3.05) is 0 Å². The van der Waals surface area contributed by atoms with E-state index in [-0.39, 0.29) is 18.9 Å². The molecule has 0 rings (SSSR count). The van der Waals surface area contributed by atoms with Crippen LogP contribution in [-0.4, -0.2) is 8.32 Å². The summed E-state index contributed by atoms with van der Waals surface area (Å²) in [6.07, 6.45) is 0. The van der Waals surface area contributed by atoms with Gasteiger partial charge in [0.1, 0.15) is 0 Å². The van der Waals surface area contributed by atoms with Crippen LogP contribution >= 0.6 is 0 Å². The Balaban J connectivity index is 0. The van der Waals surface area contributed by atoms with Crippen molar-refractivity contribution in [3.8, 4) is 0 Å². The average molecular weight is 111 g/mol. The molecule has 0 saturated carbocycles. The van der Waals surface area contributed by atoms with E-state index in [9.17, 15) is 0 Å². The molecule has 0 atom stereocenters. The van der Waals surface area contributed by atoms with Gasteiger partial charge < -0.3 is 10.4 Å². The van der Waals surface area contributed by atoms with Crippen LogP contribution in [0.15, 0.2) is 0 Å². The molecule has 0 bridgehead atoms. The number of rotatable bonds is 1. The fraction of sp³-hybridized carbons (Fsp3) is 1.00. The molecule has 0 aromatic rings.